The van der Waals surface area contributed by atoms with E-state index in [0.717, 1.165) is 0 Å². The molecule has 12 heavy (non-hydrogen) atoms. The summed E-state index contributed by atoms with van der Waals surface area (Å²) in [6.45, 7) is 2.61. The van der Waals surface area contributed by atoms with Crippen LogP contribution >= 0.6 is 0 Å². The van der Waals surface area contributed by atoms with E-state index in [-0.39, 0.29) is 6.10 Å². The molecule has 4 nitrogen and oxygen atoms in total. The summed E-state index contributed by atoms with van der Waals surface area (Å²) in [5.74, 6) is 0.430. The molecule has 1 rings (SSSR count). The van der Waals surface area contributed by atoms with Crippen LogP contribution in [0, 0.1) is 11.3 Å². The van der Waals surface area contributed by atoms with E-state index in [1.807, 2.05) is 13.0 Å². The number of rotatable bonds is 3. The maximum atomic E-state index is 8.62. The Morgan fingerprint density at radius 2 is 2.58 bits per heavy atom. The van der Waals surface area contributed by atoms with Gasteiger partial charge in [0.25, 0.3) is 0 Å². The molecule has 1 unspecified atom stereocenters. The van der Waals surface area contributed by atoms with E-state index in [0.29, 0.717) is 12.4 Å². The number of nitrogens with zero attached hydrogens (tertiary/aromatic N) is 3. The maximum absolute atomic E-state index is 8.62. The SMILES string of the molecule is COC(C)Cn1ccnc1C#N. The smallest absolute Gasteiger partial charge is 0.212 e. The third-order valence-corrected chi connectivity index (χ3v) is 1.67. The summed E-state index contributed by atoms with van der Waals surface area (Å²) in [4.78, 5) is 3.87. The fourth-order valence-electron chi connectivity index (χ4n) is 0.921. The van der Waals surface area contributed by atoms with Gasteiger partial charge in [-0.05, 0) is 6.92 Å². The largest absolute Gasteiger partial charge is 0.380 e. The summed E-state index contributed by atoms with van der Waals surface area (Å²) < 4.78 is 6.84. The topological polar surface area (TPSA) is 50.8 Å². The van der Waals surface area contributed by atoms with E-state index in [1.54, 1.807) is 24.1 Å². The Bertz CT molecular complexity index is 287. The average Bonchev–Trinajstić information content (AvgIpc) is 2.51. The second-order valence-electron chi connectivity index (χ2n) is 2.56. The summed E-state index contributed by atoms with van der Waals surface area (Å²) in [6.07, 6.45) is 3.49. The van der Waals surface area contributed by atoms with Gasteiger partial charge in [0.15, 0.2) is 0 Å². The standard InChI is InChI=1S/C8H11N3O/c1-7(12-2)6-11-4-3-10-8(11)5-9/h3-4,7H,6H2,1-2H3. The van der Waals surface area contributed by atoms with E-state index >= 15 is 0 Å². The van der Waals surface area contributed by atoms with Gasteiger partial charge < -0.3 is 9.30 Å². The van der Waals surface area contributed by atoms with Crippen LogP contribution in [0.4, 0.5) is 0 Å². The first-order chi connectivity index (χ1) is 5.77. The van der Waals surface area contributed by atoms with Gasteiger partial charge in [-0.25, -0.2) is 4.98 Å². The van der Waals surface area contributed by atoms with Gasteiger partial charge in [-0.2, -0.15) is 5.26 Å². The summed E-state index contributed by atoms with van der Waals surface area (Å²) in [5.41, 5.74) is 0. The molecular weight excluding hydrogens is 154 g/mol. The Labute approximate surface area is 71.4 Å². The molecule has 4 heteroatoms. The molecule has 0 fully saturated rings. The van der Waals surface area contributed by atoms with Crippen LogP contribution < -0.4 is 0 Å². The lowest BCUT2D eigenvalue weighted by Gasteiger charge is -2.09. The Hall–Kier alpha value is -1.34. The number of hydrogen-bond donors (Lipinski definition) is 0. The van der Waals surface area contributed by atoms with E-state index in [9.17, 15) is 0 Å². The van der Waals surface area contributed by atoms with Crippen molar-refractivity contribution in [2.45, 2.75) is 19.6 Å². The molecular formula is C8H11N3O. The predicted octanol–water partition coefficient (Wildman–Crippen LogP) is 0.790. The molecule has 0 N–H and O–H groups in total. The van der Waals surface area contributed by atoms with Crippen molar-refractivity contribution in [1.29, 1.82) is 5.26 Å². The van der Waals surface area contributed by atoms with E-state index in [4.69, 9.17) is 10.00 Å². The predicted molar refractivity (Wildman–Crippen MR) is 43.4 cm³/mol. The Balaban J connectivity index is 2.69. The van der Waals surface area contributed by atoms with E-state index < -0.39 is 0 Å². The summed E-state index contributed by atoms with van der Waals surface area (Å²) in [5, 5.41) is 8.62. The van der Waals surface area contributed by atoms with Gasteiger partial charge in [-0.3, -0.25) is 0 Å². The molecule has 0 amide bonds. The number of aromatic nitrogens is 2. The van der Waals surface area contributed by atoms with Crippen LogP contribution in [-0.2, 0) is 11.3 Å². The zero-order valence-electron chi connectivity index (χ0n) is 7.19. The molecule has 1 heterocycles. The molecule has 0 aromatic carbocycles. The molecule has 64 valence electrons. The zero-order valence-corrected chi connectivity index (χ0v) is 7.19. The molecule has 0 aliphatic rings. The maximum Gasteiger partial charge on any atom is 0.212 e. The minimum atomic E-state index is 0.103. The lowest BCUT2D eigenvalue weighted by atomic mass is 10.4. The first-order valence-electron chi connectivity index (χ1n) is 3.72. The monoisotopic (exact) mass is 165 g/mol. The Morgan fingerprint density at radius 1 is 1.83 bits per heavy atom. The first-order valence-corrected chi connectivity index (χ1v) is 3.72. The Kier molecular flexibility index (Phi) is 2.83. The minimum absolute atomic E-state index is 0.103. The highest BCUT2D eigenvalue weighted by molar-refractivity contribution is 5.11. The van der Waals surface area contributed by atoms with Crippen molar-refractivity contribution in [3.63, 3.8) is 0 Å². The third-order valence-electron chi connectivity index (χ3n) is 1.67. The molecule has 1 aromatic rings. The van der Waals surface area contributed by atoms with E-state index in [1.165, 1.54) is 0 Å². The second kappa shape index (κ2) is 3.88. The number of ether oxygens (including phenoxy) is 1. The van der Waals surface area contributed by atoms with Crippen molar-refractivity contribution < 1.29 is 4.74 Å². The number of nitriles is 1. The van der Waals surface area contributed by atoms with Crippen molar-refractivity contribution in [2.24, 2.45) is 0 Å². The minimum Gasteiger partial charge on any atom is -0.380 e. The lowest BCUT2D eigenvalue weighted by Crippen LogP contribution is -2.15. The third kappa shape index (κ3) is 1.83. The fourth-order valence-corrected chi connectivity index (χ4v) is 0.921. The molecule has 1 atom stereocenters. The lowest BCUT2D eigenvalue weighted by molar-refractivity contribution is 0.103. The number of hydrogen-bond acceptors (Lipinski definition) is 3. The second-order valence-corrected chi connectivity index (χ2v) is 2.56. The van der Waals surface area contributed by atoms with Crippen LogP contribution in [0.3, 0.4) is 0 Å². The Morgan fingerprint density at radius 3 is 3.17 bits per heavy atom. The summed E-state index contributed by atoms with van der Waals surface area (Å²) in [7, 11) is 1.65. The highest BCUT2D eigenvalue weighted by atomic mass is 16.5. The van der Waals surface area contributed by atoms with Crippen molar-refractivity contribution in [2.75, 3.05) is 7.11 Å². The van der Waals surface area contributed by atoms with Crippen molar-refractivity contribution >= 4 is 0 Å². The average molecular weight is 165 g/mol. The van der Waals surface area contributed by atoms with Crippen molar-refractivity contribution in [3.8, 4) is 6.07 Å². The summed E-state index contributed by atoms with van der Waals surface area (Å²) in [6, 6.07) is 2.00. The van der Waals surface area contributed by atoms with Crippen LogP contribution in [-0.4, -0.2) is 22.8 Å². The highest BCUT2D eigenvalue weighted by Crippen LogP contribution is 1.99. The molecule has 0 saturated heterocycles. The quantitative estimate of drug-likeness (QED) is 0.665. The molecule has 0 aliphatic carbocycles. The summed E-state index contributed by atoms with van der Waals surface area (Å²) >= 11 is 0. The van der Waals surface area contributed by atoms with E-state index in [2.05, 4.69) is 4.98 Å². The molecule has 1 aromatic heterocycles. The van der Waals surface area contributed by atoms with Crippen molar-refractivity contribution in [1.82, 2.24) is 9.55 Å². The molecule has 0 bridgehead atoms. The van der Waals surface area contributed by atoms with Gasteiger partial charge in [0.1, 0.15) is 6.07 Å². The van der Waals surface area contributed by atoms with Crippen LogP contribution in [0.1, 0.15) is 12.7 Å². The van der Waals surface area contributed by atoms with Crippen LogP contribution in [0.2, 0.25) is 0 Å². The molecule has 0 spiro atoms. The fraction of sp³-hybridized carbons (Fsp3) is 0.500. The number of methoxy groups -OCH3 is 1. The van der Waals surface area contributed by atoms with Crippen LogP contribution in [0.5, 0.6) is 0 Å². The van der Waals surface area contributed by atoms with Gasteiger partial charge >= 0.3 is 0 Å². The van der Waals surface area contributed by atoms with Gasteiger partial charge in [0.05, 0.1) is 12.6 Å². The molecule has 0 aliphatic heterocycles. The number of imidazole rings is 1. The van der Waals surface area contributed by atoms with Gasteiger partial charge in [0.2, 0.25) is 5.82 Å². The highest BCUT2D eigenvalue weighted by Gasteiger charge is 2.04. The molecule has 0 saturated carbocycles. The van der Waals surface area contributed by atoms with Gasteiger partial charge in [0, 0.05) is 19.5 Å². The van der Waals surface area contributed by atoms with Crippen LogP contribution in [0.15, 0.2) is 12.4 Å². The van der Waals surface area contributed by atoms with Crippen LogP contribution in [0.25, 0.3) is 0 Å². The normalized spacial score (nSPS) is 12.4. The van der Waals surface area contributed by atoms with Crippen molar-refractivity contribution in [3.05, 3.63) is 18.2 Å². The molecule has 0 radical (unpaired) electrons. The van der Waals surface area contributed by atoms with Gasteiger partial charge in [-0.15, -0.1) is 0 Å². The van der Waals surface area contributed by atoms with Gasteiger partial charge in [-0.1, -0.05) is 0 Å². The zero-order chi connectivity index (χ0) is 8.97. The first kappa shape index (κ1) is 8.75.